The number of primary amides is 2. The maximum Gasteiger partial charge on any atom is 0.243 e. The SMILES string of the molecule is C=C(/C=C\C(C)=C/C)[C@H](CC(N)=O)NC(=O)[C@@H](Cc1cccs1)NC(=O)CCC(N)=O. The molecule has 0 saturated carbocycles. The molecule has 9 heteroatoms. The van der Waals surface area contributed by atoms with Crippen LogP contribution in [0.4, 0.5) is 0 Å². The Balaban J connectivity index is 2.97. The standard InChI is InChI=1S/C22H30N4O4S/c1-4-14(2)7-8-15(3)17(13-20(24)28)26-22(30)18(12-16-6-5-11-31-16)25-21(29)10-9-19(23)27/h4-8,11,17-18H,3,9-10,12-13H2,1-2H3,(H2,23,27)(H2,24,28)(H,25,29)(H,26,30)/b8-7-,14-4-/t17-,18+/m0/s1. The van der Waals surface area contributed by atoms with Crippen LogP contribution in [0.1, 0.15) is 38.0 Å². The van der Waals surface area contributed by atoms with Crippen LogP contribution in [0.15, 0.2) is 53.5 Å². The van der Waals surface area contributed by atoms with Crippen LogP contribution in [-0.4, -0.2) is 35.7 Å². The number of thiophene rings is 1. The number of carbonyl (C=O) groups is 4. The number of nitrogens with two attached hydrogens (primary N) is 2. The van der Waals surface area contributed by atoms with Crippen LogP contribution < -0.4 is 22.1 Å². The number of allylic oxidation sites excluding steroid dienone is 3. The Hall–Kier alpha value is -3.20. The van der Waals surface area contributed by atoms with Gasteiger partial charge in [-0.05, 0) is 30.9 Å². The molecular weight excluding hydrogens is 416 g/mol. The van der Waals surface area contributed by atoms with Crippen molar-refractivity contribution < 1.29 is 19.2 Å². The van der Waals surface area contributed by atoms with Gasteiger partial charge in [0.1, 0.15) is 6.04 Å². The molecule has 0 fully saturated rings. The summed E-state index contributed by atoms with van der Waals surface area (Å²) in [4.78, 5) is 48.5. The van der Waals surface area contributed by atoms with Crippen LogP contribution in [0.5, 0.6) is 0 Å². The van der Waals surface area contributed by atoms with Gasteiger partial charge in [-0.25, -0.2) is 0 Å². The zero-order valence-electron chi connectivity index (χ0n) is 17.9. The normalized spacial score (nSPS) is 13.4. The van der Waals surface area contributed by atoms with E-state index in [1.54, 1.807) is 6.08 Å². The third kappa shape index (κ3) is 10.4. The van der Waals surface area contributed by atoms with Crippen molar-refractivity contribution in [3.63, 3.8) is 0 Å². The van der Waals surface area contributed by atoms with Crippen molar-refractivity contribution in [3.8, 4) is 0 Å². The number of hydrogen-bond donors (Lipinski definition) is 4. The second-order valence-corrected chi connectivity index (χ2v) is 8.07. The van der Waals surface area contributed by atoms with Gasteiger partial charge in [-0.3, -0.25) is 19.2 Å². The first kappa shape index (κ1) is 25.8. The summed E-state index contributed by atoms with van der Waals surface area (Å²) in [7, 11) is 0. The summed E-state index contributed by atoms with van der Waals surface area (Å²) in [5, 5.41) is 7.27. The van der Waals surface area contributed by atoms with Gasteiger partial charge in [0.05, 0.1) is 12.5 Å². The minimum absolute atomic E-state index is 0.116. The van der Waals surface area contributed by atoms with Gasteiger partial charge in [0, 0.05) is 24.1 Å². The van der Waals surface area contributed by atoms with Crippen molar-refractivity contribution in [2.24, 2.45) is 11.5 Å². The van der Waals surface area contributed by atoms with Crippen LogP contribution in [0.2, 0.25) is 0 Å². The van der Waals surface area contributed by atoms with Gasteiger partial charge in [-0.2, -0.15) is 0 Å². The first-order valence-corrected chi connectivity index (χ1v) is 10.7. The summed E-state index contributed by atoms with van der Waals surface area (Å²) < 4.78 is 0. The molecule has 1 rings (SSSR count). The summed E-state index contributed by atoms with van der Waals surface area (Å²) in [5.41, 5.74) is 11.9. The van der Waals surface area contributed by atoms with E-state index >= 15 is 0 Å². The predicted octanol–water partition coefficient (Wildman–Crippen LogP) is 1.48. The number of rotatable bonds is 13. The van der Waals surface area contributed by atoms with Gasteiger partial charge in [-0.15, -0.1) is 11.3 Å². The second kappa shape index (κ2) is 13.2. The summed E-state index contributed by atoms with van der Waals surface area (Å²) in [6.45, 7) is 7.74. The van der Waals surface area contributed by atoms with E-state index in [1.807, 2.05) is 43.5 Å². The smallest absolute Gasteiger partial charge is 0.243 e. The molecule has 168 valence electrons. The monoisotopic (exact) mass is 446 g/mol. The molecule has 4 amide bonds. The Bertz CT molecular complexity index is 859. The maximum atomic E-state index is 13.0. The van der Waals surface area contributed by atoms with Gasteiger partial charge < -0.3 is 22.1 Å². The van der Waals surface area contributed by atoms with E-state index in [9.17, 15) is 19.2 Å². The summed E-state index contributed by atoms with van der Waals surface area (Å²) >= 11 is 1.45. The van der Waals surface area contributed by atoms with Crippen molar-refractivity contribution in [2.45, 2.75) is 51.6 Å². The molecule has 0 spiro atoms. The molecule has 0 aliphatic carbocycles. The van der Waals surface area contributed by atoms with E-state index in [1.165, 1.54) is 11.3 Å². The Morgan fingerprint density at radius 1 is 1.10 bits per heavy atom. The molecule has 8 nitrogen and oxygen atoms in total. The topological polar surface area (TPSA) is 144 Å². The molecule has 0 aromatic carbocycles. The number of nitrogens with one attached hydrogen (secondary N) is 2. The van der Waals surface area contributed by atoms with Crippen molar-refractivity contribution in [1.82, 2.24) is 10.6 Å². The van der Waals surface area contributed by atoms with Gasteiger partial charge >= 0.3 is 0 Å². The summed E-state index contributed by atoms with van der Waals surface area (Å²) in [5.74, 6) is -2.15. The van der Waals surface area contributed by atoms with Crippen molar-refractivity contribution >= 4 is 35.0 Å². The van der Waals surface area contributed by atoms with Gasteiger partial charge in [0.25, 0.3) is 0 Å². The highest BCUT2D eigenvalue weighted by Crippen LogP contribution is 2.13. The third-order valence-corrected chi connectivity index (χ3v) is 5.32. The first-order chi connectivity index (χ1) is 14.6. The average molecular weight is 447 g/mol. The average Bonchev–Trinajstić information content (AvgIpc) is 3.21. The molecule has 0 saturated heterocycles. The quantitative estimate of drug-likeness (QED) is 0.340. The van der Waals surface area contributed by atoms with Crippen molar-refractivity contribution in [2.75, 3.05) is 0 Å². The molecule has 1 aromatic rings. The molecule has 0 unspecified atom stereocenters. The Labute approximate surface area is 186 Å². The third-order valence-electron chi connectivity index (χ3n) is 4.42. The molecule has 31 heavy (non-hydrogen) atoms. The Morgan fingerprint density at radius 3 is 2.35 bits per heavy atom. The molecule has 1 aromatic heterocycles. The molecule has 1 heterocycles. The largest absolute Gasteiger partial charge is 0.370 e. The fraction of sp³-hybridized carbons (Fsp3) is 0.364. The highest BCUT2D eigenvalue weighted by Gasteiger charge is 2.25. The number of amides is 4. The lowest BCUT2D eigenvalue weighted by molar-refractivity contribution is -0.130. The predicted molar refractivity (Wildman–Crippen MR) is 122 cm³/mol. The highest BCUT2D eigenvalue weighted by atomic mass is 32.1. The Kier molecular flexibility index (Phi) is 11.0. The van der Waals surface area contributed by atoms with Crippen molar-refractivity contribution in [3.05, 3.63) is 58.3 Å². The molecule has 2 atom stereocenters. The van der Waals surface area contributed by atoms with Crippen LogP contribution in [0.3, 0.4) is 0 Å². The molecule has 0 aliphatic rings. The van der Waals surface area contributed by atoms with E-state index in [0.717, 1.165) is 10.5 Å². The molecule has 0 aliphatic heterocycles. The number of carbonyl (C=O) groups excluding carboxylic acids is 4. The zero-order chi connectivity index (χ0) is 23.4. The van der Waals surface area contributed by atoms with Gasteiger partial charge in [0.15, 0.2) is 0 Å². The highest BCUT2D eigenvalue weighted by molar-refractivity contribution is 7.09. The van der Waals surface area contributed by atoms with Gasteiger partial charge in [-0.1, -0.05) is 36.4 Å². The van der Waals surface area contributed by atoms with E-state index < -0.39 is 35.7 Å². The lowest BCUT2D eigenvalue weighted by atomic mass is 10.0. The van der Waals surface area contributed by atoms with E-state index in [-0.39, 0.29) is 25.7 Å². The minimum Gasteiger partial charge on any atom is -0.370 e. The van der Waals surface area contributed by atoms with E-state index in [2.05, 4.69) is 17.2 Å². The Morgan fingerprint density at radius 2 is 1.81 bits per heavy atom. The van der Waals surface area contributed by atoms with Gasteiger partial charge in [0.2, 0.25) is 23.6 Å². The van der Waals surface area contributed by atoms with Crippen LogP contribution >= 0.6 is 11.3 Å². The summed E-state index contributed by atoms with van der Waals surface area (Å²) in [6, 6.07) is 2.07. The maximum absolute atomic E-state index is 13.0. The molecular formula is C22H30N4O4S. The zero-order valence-corrected chi connectivity index (χ0v) is 18.7. The van der Waals surface area contributed by atoms with Crippen LogP contribution in [-0.2, 0) is 25.6 Å². The molecule has 6 N–H and O–H groups in total. The fourth-order valence-corrected chi connectivity index (χ4v) is 3.29. The van der Waals surface area contributed by atoms with E-state index in [4.69, 9.17) is 11.5 Å². The first-order valence-electron chi connectivity index (χ1n) is 9.80. The second-order valence-electron chi connectivity index (χ2n) is 7.04. The molecule has 0 radical (unpaired) electrons. The minimum atomic E-state index is -0.900. The van der Waals surface area contributed by atoms with Crippen LogP contribution in [0.25, 0.3) is 0 Å². The van der Waals surface area contributed by atoms with Crippen LogP contribution in [0, 0.1) is 0 Å². The van der Waals surface area contributed by atoms with E-state index in [0.29, 0.717) is 5.57 Å². The number of hydrogen-bond acceptors (Lipinski definition) is 5. The lowest BCUT2D eigenvalue weighted by Crippen LogP contribution is -2.51. The lowest BCUT2D eigenvalue weighted by Gasteiger charge is -2.23. The summed E-state index contributed by atoms with van der Waals surface area (Å²) in [6.07, 6.45) is 5.33. The fourth-order valence-electron chi connectivity index (χ4n) is 2.54. The molecule has 0 bridgehead atoms. The van der Waals surface area contributed by atoms with Crippen molar-refractivity contribution in [1.29, 1.82) is 0 Å².